The molecule has 3 rings (SSSR count). The van der Waals surface area contributed by atoms with Crippen molar-refractivity contribution >= 4 is 17.5 Å². The highest BCUT2D eigenvalue weighted by Gasteiger charge is 2.22. The van der Waals surface area contributed by atoms with E-state index in [2.05, 4.69) is 10.6 Å². The number of benzene rings is 3. The van der Waals surface area contributed by atoms with E-state index in [4.69, 9.17) is 0 Å². The van der Waals surface area contributed by atoms with E-state index in [1.807, 2.05) is 36.4 Å². The maximum Gasteiger partial charge on any atom is 0.251 e. The number of halogens is 1. The highest BCUT2D eigenvalue weighted by molar-refractivity contribution is 5.98. The lowest BCUT2D eigenvalue weighted by molar-refractivity contribution is -0.126. The van der Waals surface area contributed by atoms with Gasteiger partial charge in [-0.05, 0) is 35.4 Å². The zero-order chi connectivity index (χ0) is 19.1. The van der Waals surface area contributed by atoms with Crippen molar-refractivity contribution in [2.45, 2.75) is 12.5 Å². The molecule has 0 saturated carbocycles. The van der Waals surface area contributed by atoms with Gasteiger partial charge in [0.05, 0.1) is 6.42 Å². The van der Waals surface area contributed by atoms with Crippen LogP contribution in [0.25, 0.3) is 0 Å². The van der Waals surface area contributed by atoms with Gasteiger partial charge in [-0.1, -0.05) is 60.7 Å². The molecule has 4 nitrogen and oxygen atoms in total. The molecule has 0 aliphatic carbocycles. The van der Waals surface area contributed by atoms with Crippen LogP contribution in [0.2, 0.25) is 0 Å². The van der Waals surface area contributed by atoms with Crippen LogP contribution in [0.5, 0.6) is 0 Å². The quantitative estimate of drug-likeness (QED) is 0.699. The third-order valence-electron chi connectivity index (χ3n) is 4.02. The largest absolute Gasteiger partial charge is 0.340 e. The maximum absolute atomic E-state index is 13.0. The minimum absolute atomic E-state index is 0.0578. The van der Waals surface area contributed by atoms with E-state index in [0.29, 0.717) is 16.8 Å². The van der Waals surface area contributed by atoms with E-state index >= 15 is 0 Å². The summed E-state index contributed by atoms with van der Waals surface area (Å²) >= 11 is 0. The number of para-hydroxylation sites is 1. The van der Waals surface area contributed by atoms with Crippen LogP contribution < -0.4 is 10.6 Å². The second-order valence-electron chi connectivity index (χ2n) is 6.07. The molecule has 1 unspecified atom stereocenters. The van der Waals surface area contributed by atoms with Crippen LogP contribution in [-0.4, -0.2) is 11.8 Å². The highest BCUT2D eigenvalue weighted by atomic mass is 19.1. The first-order valence-electron chi connectivity index (χ1n) is 8.56. The summed E-state index contributed by atoms with van der Waals surface area (Å²) in [7, 11) is 0. The van der Waals surface area contributed by atoms with Gasteiger partial charge in [-0.3, -0.25) is 9.59 Å². The molecule has 1 atom stereocenters. The van der Waals surface area contributed by atoms with Crippen molar-refractivity contribution in [1.29, 1.82) is 0 Å². The lowest BCUT2D eigenvalue weighted by Gasteiger charge is -2.19. The van der Waals surface area contributed by atoms with Crippen LogP contribution >= 0.6 is 0 Å². The van der Waals surface area contributed by atoms with Crippen molar-refractivity contribution in [3.05, 3.63) is 102 Å². The van der Waals surface area contributed by atoms with Crippen molar-refractivity contribution in [2.24, 2.45) is 0 Å². The first-order valence-corrected chi connectivity index (χ1v) is 8.56. The normalized spacial score (nSPS) is 11.4. The molecule has 5 heteroatoms. The fourth-order valence-electron chi connectivity index (χ4n) is 2.68. The van der Waals surface area contributed by atoms with E-state index in [1.165, 1.54) is 12.1 Å². The second kappa shape index (κ2) is 8.76. The van der Waals surface area contributed by atoms with E-state index in [-0.39, 0.29) is 24.1 Å². The van der Waals surface area contributed by atoms with Gasteiger partial charge in [0.15, 0.2) is 0 Å². The lowest BCUT2D eigenvalue weighted by atomic mass is 10.0. The fraction of sp³-hybridized carbons (Fsp3) is 0.0909. The Kier molecular flexibility index (Phi) is 5.94. The van der Waals surface area contributed by atoms with Crippen LogP contribution in [0.4, 0.5) is 10.1 Å². The predicted octanol–water partition coefficient (Wildman–Crippen LogP) is 3.86. The molecule has 0 spiro atoms. The maximum atomic E-state index is 13.0. The Bertz CT molecular complexity index is 897. The van der Waals surface area contributed by atoms with Crippen molar-refractivity contribution < 1.29 is 14.0 Å². The third kappa shape index (κ3) is 5.25. The minimum Gasteiger partial charge on any atom is -0.340 e. The number of nitrogens with one attached hydrogen (secondary N) is 2. The summed E-state index contributed by atoms with van der Waals surface area (Å²) in [5.41, 5.74) is 2.00. The van der Waals surface area contributed by atoms with Crippen molar-refractivity contribution in [3.8, 4) is 0 Å². The average molecular weight is 362 g/mol. The van der Waals surface area contributed by atoms with Gasteiger partial charge in [0.25, 0.3) is 5.91 Å². The summed E-state index contributed by atoms with van der Waals surface area (Å²) in [5, 5.41) is 5.59. The van der Waals surface area contributed by atoms with E-state index in [1.54, 1.807) is 36.4 Å². The lowest BCUT2D eigenvalue weighted by Crippen LogP contribution is -2.37. The SMILES string of the molecule is O=C(Cc1ccc(F)cc1)NC(C(=O)Nc1ccccc1)c1ccccc1. The molecular formula is C22H19FN2O2. The number of carbonyl (C=O) groups is 2. The van der Waals surface area contributed by atoms with E-state index in [9.17, 15) is 14.0 Å². The Morgan fingerprint density at radius 3 is 2.04 bits per heavy atom. The molecule has 0 heterocycles. The number of amides is 2. The molecule has 0 radical (unpaired) electrons. The Hall–Kier alpha value is -3.47. The van der Waals surface area contributed by atoms with E-state index in [0.717, 1.165) is 0 Å². The zero-order valence-electron chi connectivity index (χ0n) is 14.6. The fourth-order valence-corrected chi connectivity index (χ4v) is 2.68. The molecule has 27 heavy (non-hydrogen) atoms. The average Bonchev–Trinajstić information content (AvgIpc) is 2.69. The molecule has 2 N–H and O–H groups in total. The Morgan fingerprint density at radius 2 is 1.41 bits per heavy atom. The van der Waals surface area contributed by atoms with Crippen molar-refractivity contribution in [1.82, 2.24) is 5.32 Å². The Balaban J connectivity index is 1.74. The Morgan fingerprint density at radius 1 is 0.815 bits per heavy atom. The monoisotopic (exact) mass is 362 g/mol. The summed E-state index contributed by atoms with van der Waals surface area (Å²) in [6, 6.07) is 23.0. The van der Waals surface area contributed by atoms with Gasteiger partial charge in [-0.15, -0.1) is 0 Å². The summed E-state index contributed by atoms with van der Waals surface area (Å²) < 4.78 is 13.0. The summed E-state index contributed by atoms with van der Waals surface area (Å²) in [5.74, 6) is -1.01. The van der Waals surface area contributed by atoms with Gasteiger partial charge >= 0.3 is 0 Å². The van der Waals surface area contributed by atoms with E-state index < -0.39 is 6.04 Å². The zero-order valence-corrected chi connectivity index (χ0v) is 14.6. The molecule has 2 amide bonds. The number of hydrogen-bond acceptors (Lipinski definition) is 2. The molecule has 0 aromatic heterocycles. The van der Waals surface area contributed by atoms with Gasteiger partial charge in [0.2, 0.25) is 5.91 Å². The molecule has 0 aliphatic heterocycles. The van der Waals surface area contributed by atoms with Crippen LogP contribution in [-0.2, 0) is 16.0 Å². The van der Waals surface area contributed by atoms with Gasteiger partial charge in [-0.2, -0.15) is 0 Å². The van der Waals surface area contributed by atoms with Gasteiger partial charge in [0, 0.05) is 5.69 Å². The van der Waals surface area contributed by atoms with Crippen LogP contribution in [0.15, 0.2) is 84.9 Å². The summed E-state index contributed by atoms with van der Waals surface area (Å²) in [6.45, 7) is 0. The first kappa shape index (κ1) is 18.3. The first-order chi connectivity index (χ1) is 13.1. The van der Waals surface area contributed by atoms with Gasteiger partial charge < -0.3 is 10.6 Å². The molecule has 0 fully saturated rings. The minimum atomic E-state index is -0.834. The van der Waals surface area contributed by atoms with Crippen molar-refractivity contribution in [3.63, 3.8) is 0 Å². The summed E-state index contributed by atoms with van der Waals surface area (Å²) in [6.07, 6.45) is 0.0578. The topological polar surface area (TPSA) is 58.2 Å². The predicted molar refractivity (Wildman–Crippen MR) is 103 cm³/mol. The van der Waals surface area contributed by atoms with Crippen LogP contribution in [0.1, 0.15) is 17.2 Å². The summed E-state index contributed by atoms with van der Waals surface area (Å²) in [4.78, 5) is 25.2. The molecular weight excluding hydrogens is 343 g/mol. The van der Waals surface area contributed by atoms with Crippen LogP contribution in [0, 0.1) is 5.82 Å². The second-order valence-corrected chi connectivity index (χ2v) is 6.07. The van der Waals surface area contributed by atoms with Crippen LogP contribution in [0.3, 0.4) is 0 Å². The number of carbonyl (C=O) groups excluding carboxylic acids is 2. The molecule has 3 aromatic carbocycles. The molecule has 136 valence electrons. The number of anilines is 1. The molecule has 0 bridgehead atoms. The van der Waals surface area contributed by atoms with Crippen molar-refractivity contribution in [2.75, 3.05) is 5.32 Å². The highest BCUT2D eigenvalue weighted by Crippen LogP contribution is 2.16. The Labute approximate surface area is 157 Å². The standard InChI is InChI=1S/C22H19FN2O2/c23-18-13-11-16(12-14-18)15-20(26)25-21(17-7-3-1-4-8-17)22(27)24-19-9-5-2-6-10-19/h1-14,21H,15H2,(H,24,27)(H,25,26). The number of rotatable bonds is 6. The number of hydrogen-bond donors (Lipinski definition) is 2. The van der Waals surface area contributed by atoms with Gasteiger partial charge in [-0.25, -0.2) is 4.39 Å². The van der Waals surface area contributed by atoms with Gasteiger partial charge in [0.1, 0.15) is 11.9 Å². The third-order valence-corrected chi connectivity index (χ3v) is 4.02. The molecule has 0 aliphatic rings. The molecule has 3 aromatic rings. The molecule has 0 saturated heterocycles. The smallest absolute Gasteiger partial charge is 0.251 e.